The van der Waals surface area contributed by atoms with Gasteiger partial charge >= 0.3 is 18.2 Å². The molecule has 27 heavy (non-hydrogen) atoms. The monoisotopic (exact) mass is 411 g/mol. The molecule has 2 atom stereocenters. The number of rotatable bonds is 3. The van der Waals surface area contributed by atoms with Crippen LogP contribution in [0.5, 0.6) is 0 Å². The summed E-state index contributed by atoms with van der Waals surface area (Å²) in [6.45, 7) is 0.458. The second-order valence-corrected chi connectivity index (χ2v) is 6.57. The molecule has 0 bridgehead atoms. The van der Waals surface area contributed by atoms with Gasteiger partial charge in [0.25, 0.3) is 0 Å². The van der Waals surface area contributed by atoms with Crippen molar-refractivity contribution in [2.24, 2.45) is 5.84 Å². The molecule has 0 aromatic carbocycles. The van der Waals surface area contributed by atoms with E-state index in [-0.39, 0.29) is 18.8 Å². The van der Waals surface area contributed by atoms with E-state index < -0.39 is 42.2 Å². The van der Waals surface area contributed by atoms with E-state index in [4.69, 9.17) is 15.8 Å². The van der Waals surface area contributed by atoms with Gasteiger partial charge in [0.05, 0.1) is 19.3 Å². The zero-order valence-corrected chi connectivity index (χ0v) is 14.7. The summed E-state index contributed by atoms with van der Waals surface area (Å²) >= 11 is 0.688. The lowest BCUT2D eigenvalue weighted by Gasteiger charge is -2.32. The van der Waals surface area contributed by atoms with E-state index in [9.17, 15) is 27.6 Å². The third-order valence-corrected chi connectivity index (χ3v) is 4.79. The van der Waals surface area contributed by atoms with Gasteiger partial charge < -0.3 is 14.4 Å². The number of halogens is 3. The molecule has 2 rings (SSSR count). The zero-order valence-electron chi connectivity index (χ0n) is 13.8. The van der Waals surface area contributed by atoms with Crippen molar-refractivity contribution in [1.82, 2.24) is 14.8 Å². The lowest BCUT2D eigenvalue weighted by atomic mass is 10.3. The fourth-order valence-corrected chi connectivity index (χ4v) is 3.51. The average molecular weight is 411 g/mol. The third-order valence-electron chi connectivity index (χ3n) is 3.67. The number of nitrogens with zero attached hydrogens (tertiary/aromatic N) is 4. The Labute approximate surface area is 155 Å². The summed E-state index contributed by atoms with van der Waals surface area (Å²) < 4.78 is 46.5. The van der Waals surface area contributed by atoms with E-state index in [0.29, 0.717) is 34.9 Å². The molecular weight excluding hydrogens is 395 g/mol. The molecule has 150 valence electrons. The number of urea groups is 1. The average Bonchev–Trinajstić information content (AvgIpc) is 3.03. The van der Waals surface area contributed by atoms with Gasteiger partial charge in [-0.25, -0.2) is 15.4 Å². The summed E-state index contributed by atoms with van der Waals surface area (Å²) in [5.41, 5.74) is -1.64. The highest BCUT2D eigenvalue weighted by atomic mass is 32.2. The standard InChI is InChI=1S/C13H16F3N5O5S/c14-13(15,16)10(23)26-12-21(8(5-17)7-27-12)9(22)6-20(18)11(24)19-1-3-25-4-2-19/h8,12H,1-4,6-7,18H2. The van der Waals surface area contributed by atoms with Crippen molar-refractivity contribution in [3.8, 4) is 6.07 Å². The van der Waals surface area contributed by atoms with Crippen molar-refractivity contribution in [2.75, 3.05) is 38.6 Å². The van der Waals surface area contributed by atoms with Gasteiger partial charge in [-0.2, -0.15) is 18.4 Å². The Morgan fingerprint density at radius 2 is 1.96 bits per heavy atom. The van der Waals surface area contributed by atoms with Crippen LogP contribution in [-0.4, -0.2) is 89.1 Å². The topological polar surface area (TPSA) is 129 Å². The number of hydrogen-bond donors (Lipinski definition) is 1. The van der Waals surface area contributed by atoms with E-state index in [1.54, 1.807) is 6.07 Å². The Balaban J connectivity index is 2.02. The first kappa shape index (κ1) is 21.1. The molecular formula is C13H16F3N5O5S. The molecule has 0 spiro atoms. The molecule has 3 amide bonds. The van der Waals surface area contributed by atoms with Gasteiger partial charge in [0.1, 0.15) is 12.6 Å². The highest BCUT2D eigenvalue weighted by Crippen LogP contribution is 2.32. The number of esters is 1. The van der Waals surface area contributed by atoms with Crippen LogP contribution in [0.1, 0.15) is 0 Å². The van der Waals surface area contributed by atoms with Crippen LogP contribution in [0.25, 0.3) is 0 Å². The largest absolute Gasteiger partial charge is 0.491 e. The number of amides is 3. The van der Waals surface area contributed by atoms with Crippen molar-refractivity contribution >= 4 is 29.7 Å². The number of nitrogens with two attached hydrogens (primary N) is 1. The minimum Gasteiger partial charge on any atom is -0.425 e. The molecule has 0 saturated carbocycles. The highest BCUT2D eigenvalue weighted by molar-refractivity contribution is 8.00. The molecule has 2 unspecified atom stereocenters. The number of hydrazine groups is 1. The van der Waals surface area contributed by atoms with Crippen LogP contribution in [0.15, 0.2) is 0 Å². The Morgan fingerprint density at radius 1 is 1.33 bits per heavy atom. The van der Waals surface area contributed by atoms with Gasteiger partial charge in [0, 0.05) is 18.8 Å². The maximum absolute atomic E-state index is 12.4. The number of carbonyl (C=O) groups excluding carboxylic acids is 3. The predicted molar refractivity (Wildman–Crippen MR) is 83.3 cm³/mol. The van der Waals surface area contributed by atoms with Gasteiger partial charge in [-0.15, -0.1) is 0 Å². The molecule has 0 aromatic rings. The molecule has 2 heterocycles. The minimum absolute atomic E-state index is 0.0555. The highest BCUT2D eigenvalue weighted by Gasteiger charge is 2.47. The number of morpholine rings is 1. The second-order valence-electron chi connectivity index (χ2n) is 5.50. The van der Waals surface area contributed by atoms with Gasteiger partial charge in [-0.3, -0.25) is 14.7 Å². The Morgan fingerprint density at radius 3 is 2.52 bits per heavy atom. The summed E-state index contributed by atoms with van der Waals surface area (Å²) in [4.78, 5) is 37.7. The van der Waals surface area contributed by atoms with Crippen LogP contribution in [0, 0.1) is 11.3 Å². The van der Waals surface area contributed by atoms with Crippen LogP contribution in [0.3, 0.4) is 0 Å². The number of ether oxygens (including phenoxy) is 2. The van der Waals surface area contributed by atoms with Crippen LogP contribution in [0.2, 0.25) is 0 Å². The smallest absolute Gasteiger partial charge is 0.425 e. The molecule has 2 N–H and O–H groups in total. The fraction of sp³-hybridized carbons (Fsp3) is 0.692. The third kappa shape index (κ3) is 5.15. The number of carbonyl (C=O) groups is 3. The summed E-state index contributed by atoms with van der Waals surface area (Å²) in [6, 6.07) is -0.0519. The molecule has 2 aliphatic heterocycles. The first-order valence-electron chi connectivity index (χ1n) is 7.64. The maximum Gasteiger partial charge on any atom is 0.491 e. The molecule has 2 saturated heterocycles. The lowest BCUT2D eigenvalue weighted by molar-refractivity contribution is -0.206. The van der Waals surface area contributed by atoms with E-state index in [2.05, 4.69) is 4.74 Å². The number of alkyl halides is 3. The number of hydrogen-bond acceptors (Lipinski definition) is 8. The van der Waals surface area contributed by atoms with Crippen LogP contribution >= 0.6 is 11.8 Å². The number of thioether (sulfide) groups is 1. The Kier molecular flexibility index (Phi) is 6.73. The van der Waals surface area contributed by atoms with Crippen LogP contribution in [0.4, 0.5) is 18.0 Å². The maximum atomic E-state index is 12.4. The summed E-state index contributed by atoms with van der Waals surface area (Å²) in [7, 11) is 0. The quantitative estimate of drug-likeness (QED) is 0.284. The van der Waals surface area contributed by atoms with Crippen molar-refractivity contribution in [2.45, 2.75) is 17.8 Å². The van der Waals surface area contributed by atoms with E-state index in [1.807, 2.05) is 0 Å². The first-order valence-corrected chi connectivity index (χ1v) is 8.69. The minimum atomic E-state index is -5.24. The molecule has 14 heteroatoms. The normalized spacial score (nSPS) is 22.9. The summed E-state index contributed by atoms with van der Waals surface area (Å²) in [6.07, 6.45) is -5.24. The predicted octanol–water partition coefficient (Wildman–Crippen LogP) is -0.529. The van der Waals surface area contributed by atoms with Crippen molar-refractivity contribution in [3.05, 3.63) is 0 Å². The SMILES string of the molecule is N#CC1CSC(OC(=O)C(F)(F)F)N1C(=O)CN(N)C(=O)N1CCOCC1. The van der Waals surface area contributed by atoms with Crippen molar-refractivity contribution in [3.63, 3.8) is 0 Å². The van der Waals surface area contributed by atoms with Crippen molar-refractivity contribution < 1.29 is 37.0 Å². The molecule has 0 radical (unpaired) electrons. The van der Waals surface area contributed by atoms with Crippen LogP contribution in [-0.2, 0) is 19.1 Å². The Bertz CT molecular complexity index is 637. The first-order chi connectivity index (χ1) is 12.6. The molecule has 10 nitrogen and oxygen atoms in total. The van der Waals surface area contributed by atoms with Crippen molar-refractivity contribution in [1.29, 1.82) is 5.26 Å². The Hall–Kier alpha value is -2.24. The van der Waals surface area contributed by atoms with Crippen LogP contribution < -0.4 is 5.84 Å². The number of nitriles is 1. The molecule has 2 fully saturated rings. The van der Waals surface area contributed by atoms with E-state index >= 15 is 0 Å². The second kappa shape index (κ2) is 8.63. The molecule has 0 aromatic heterocycles. The fourth-order valence-electron chi connectivity index (χ4n) is 2.35. The van der Waals surface area contributed by atoms with Gasteiger partial charge in [0.2, 0.25) is 11.5 Å². The summed E-state index contributed by atoms with van der Waals surface area (Å²) in [5, 5.41) is 9.68. The zero-order chi connectivity index (χ0) is 20.2. The lowest BCUT2D eigenvalue weighted by Crippen LogP contribution is -2.55. The molecule has 2 aliphatic rings. The van der Waals surface area contributed by atoms with Gasteiger partial charge in [-0.05, 0) is 0 Å². The van der Waals surface area contributed by atoms with Gasteiger partial charge in [0.15, 0.2) is 0 Å². The summed E-state index contributed by atoms with van der Waals surface area (Å²) in [5.74, 6) is 2.14. The van der Waals surface area contributed by atoms with E-state index in [0.717, 1.165) is 0 Å². The van der Waals surface area contributed by atoms with Gasteiger partial charge in [-0.1, -0.05) is 11.8 Å². The van der Waals surface area contributed by atoms with E-state index in [1.165, 1.54) is 4.90 Å². The molecule has 0 aliphatic carbocycles.